The molecule has 0 aliphatic heterocycles. The molecule has 0 bridgehead atoms. The Bertz CT molecular complexity index is 479. The number of hydrogen-bond acceptors (Lipinski definition) is 3. The molecular weight excluding hydrogens is 316 g/mol. The molecule has 24 heavy (non-hydrogen) atoms. The highest BCUT2D eigenvalue weighted by Crippen LogP contribution is 2.41. The van der Waals surface area contributed by atoms with E-state index in [0.717, 1.165) is 5.56 Å². The Morgan fingerprint density at radius 3 is 2.00 bits per heavy atom. The van der Waals surface area contributed by atoms with E-state index in [1.165, 1.54) is 0 Å². The predicted molar refractivity (Wildman–Crippen MR) is 104 cm³/mol. The number of hydrogen-bond donors (Lipinski definition) is 2. The van der Waals surface area contributed by atoms with Crippen LogP contribution in [0.4, 0.5) is 0 Å². The summed E-state index contributed by atoms with van der Waals surface area (Å²) in [5, 5.41) is 20.6. The summed E-state index contributed by atoms with van der Waals surface area (Å²) in [5.41, 5.74) is 1.10. The lowest BCUT2D eigenvalue weighted by Crippen LogP contribution is -2.42. The zero-order valence-electron chi connectivity index (χ0n) is 16.4. The first-order valence-electron chi connectivity index (χ1n) is 9.03. The minimum Gasteiger partial charge on any atom is -0.410 e. The largest absolute Gasteiger partial charge is 0.410 e. The van der Waals surface area contributed by atoms with Gasteiger partial charge in [-0.3, -0.25) is 0 Å². The van der Waals surface area contributed by atoms with Gasteiger partial charge in [0, 0.05) is 6.42 Å². The van der Waals surface area contributed by atoms with E-state index in [0.29, 0.717) is 12.8 Å². The quantitative estimate of drug-likeness (QED) is 0.654. The topological polar surface area (TPSA) is 49.7 Å². The maximum atomic E-state index is 10.5. The molecule has 0 saturated heterocycles. The van der Waals surface area contributed by atoms with Gasteiger partial charge in [-0.2, -0.15) is 0 Å². The van der Waals surface area contributed by atoms with Crippen molar-refractivity contribution in [2.45, 2.75) is 83.9 Å². The summed E-state index contributed by atoms with van der Waals surface area (Å²) in [6.45, 7) is 15.1. The van der Waals surface area contributed by atoms with Gasteiger partial charge in [-0.25, -0.2) is 0 Å². The maximum absolute atomic E-state index is 10.5. The van der Waals surface area contributed by atoms with Gasteiger partial charge in [-0.1, -0.05) is 65.0 Å². The highest BCUT2D eigenvalue weighted by Gasteiger charge is 2.39. The van der Waals surface area contributed by atoms with Crippen LogP contribution in [0.2, 0.25) is 18.1 Å². The molecule has 2 N–H and O–H groups in total. The first kappa shape index (κ1) is 21.4. The normalized spacial score (nSPS) is 16.9. The van der Waals surface area contributed by atoms with Crippen LogP contribution >= 0.6 is 0 Å². The third kappa shape index (κ3) is 6.32. The molecule has 0 aliphatic rings. The van der Waals surface area contributed by atoms with E-state index in [4.69, 9.17) is 4.43 Å². The van der Waals surface area contributed by atoms with Crippen molar-refractivity contribution >= 4 is 8.32 Å². The van der Waals surface area contributed by atoms with Crippen LogP contribution in [-0.2, 0) is 4.43 Å². The average Bonchev–Trinajstić information content (AvgIpc) is 2.45. The van der Waals surface area contributed by atoms with Gasteiger partial charge in [0.2, 0.25) is 0 Å². The van der Waals surface area contributed by atoms with Gasteiger partial charge in [-0.05, 0) is 36.0 Å². The molecular formula is C20H36O3Si. The molecule has 0 amide bonds. The highest BCUT2D eigenvalue weighted by molar-refractivity contribution is 6.74. The van der Waals surface area contributed by atoms with E-state index in [1.54, 1.807) is 0 Å². The van der Waals surface area contributed by atoms with Crippen molar-refractivity contribution in [2.75, 3.05) is 0 Å². The lowest BCUT2D eigenvalue weighted by Gasteiger charge is -2.40. The number of aliphatic hydroxyl groups is 2. The van der Waals surface area contributed by atoms with Crippen LogP contribution in [-0.4, -0.2) is 30.7 Å². The first-order valence-corrected chi connectivity index (χ1v) is 11.9. The SMILES string of the molecule is CC(C)[C@@H](O)C[C@@H](O)C[C@H](O[Si](C)(C)C(C)(C)C)c1ccccc1. The van der Waals surface area contributed by atoms with E-state index in [9.17, 15) is 10.2 Å². The van der Waals surface area contributed by atoms with Crippen molar-refractivity contribution in [3.8, 4) is 0 Å². The van der Waals surface area contributed by atoms with Crippen LogP contribution in [0.25, 0.3) is 0 Å². The smallest absolute Gasteiger partial charge is 0.192 e. The fourth-order valence-corrected chi connectivity index (χ4v) is 3.64. The van der Waals surface area contributed by atoms with E-state index < -0.39 is 20.5 Å². The number of aliphatic hydroxyl groups excluding tert-OH is 2. The summed E-state index contributed by atoms with van der Waals surface area (Å²) in [5.74, 6) is 0.149. The molecule has 1 aromatic carbocycles. The molecule has 138 valence electrons. The molecule has 0 heterocycles. The summed E-state index contributed by atoms with van der Waals surface area (Å²) in [7, 11) is -1.95. The molecule has 0 saturated carbocycles. The third-order valence-electron chi connectivity index (χ3n) is 5.18. The lowest BCUT2D eigenvalue weighted by molar-refractivity contribution is 0.0265. The van der Waals surface area contributed by atoms with Crippen molar-refractivity contribution in [1.82, 2.24) is 0 Å². The molecule has 3 nitrogen and oxygen atoms in total. The van der Waals surface area contributed by atoms with Gasteiger partial charge in [-0.15, -0.1) is 0 Å². The Balaban J connectivity index is 2.91. The third-order valence-corrected chi connectivity index (χ3v) is 9.67. The van der Waals surface area contributed by atoms with E-state index in [-0.39, 0.29) is 17.1 Å². The van der Waals surface area contributed by atoms with Crippen molar-refractivity contribution < 1.29 is 14.6 Å². The first-order chi connectivity index (χ1) is 10.9. The molecule has 1 aromatic rings. The number of rotatable bonds is 8. The molecule has 3 atom stereocenters. The zero-order valence-corrected chi connectivity index (χ0v) is 17.4. The van der Waals surface area contributed by atoms with Crippen LogP contribution in [0.5, 0.6) is 0 Å². The molecule has 0 fully saturated rings. The standard InChI is InChI=1S/C20H36O3Si/c1-15(2)18(22)13-17(21)14-19(16-11-9-8-10-12-16)23-24(6,7)20(3,4)5/h8-12,15,17-19,21-22H,13-14H2,1-7H3/t17-,18+,19+/m1/s1. The second-order valence-electron chi connectivity index (χ2n) is 8.71. The van der Waals surface area contributed by atoms with Gasteiger partial charge in [0.25, 0.3) is 0 Å². The summed E-state index contributed by atoms with van der Waals surface area (Å²) in [6, 6.07) is 10.1. The molecule has 0 aromatic heterocycles. The van der Waals surface area contributed by atoms with E-state index in [2.05, 4.69) is 46.0 Å². The zero-order chi connectivity index (χ0) is 18.5. The van der Waals surface area contributed by atoms with Crippen molar-refractivity contribution in [2.24, 2.45) is 5.92 Å². The van der Waals surface area contributed by atoms with Crippen LogP contribution in [0.1, 0.15) is 59.1 Å². The second kappa shape index (κ2) is 8.61. The summed E-state index contributed by atoms with van der Waals surface area (Å²) in [4.78, 5) is 0. The van der Waals surface area contributed by atoms with Crippen molar-refractivity contribution in [3.05, 3.63) is 35.9 Å². The maximum Gasteiger partial charge on any atom is 0.192 e. The fraction of sp³-hybridized carbons (Fsp3) is 0.700. The fourth-order valence-electron chi connectivity index (χ4n) is 2.35. The van der Waals surface area contributed by atoms with Crippen LogP contribution in [0, 0.1) is 5.92 Å². The van der Waals surface area contributed by atoms with Gasteiger partial charge in [0.1, 0.15) is 0 Å². The van der Waals surface area contributed by atoms with Crippen molar-refractivity contribution in [3.63, 3.8) is 0 Å². The van der Waals surface area contributed by atoms with E-state index >= 15 is 0 Å². The Morgan fingerprint density at radius 1 is 1.00 bits per heavy atom. The average molecular weight is 353 g/mol. The predicted octanol–water partition coefficient (Wildman–Crippen LogP) is 4.91. The van der Waals surface area contributed by atoms with Crippen LogP contribution in [0.15, 0.2) is 30.3 Å². The Labute approximate surface area is 149 Å². The summed E-state index contributed by atoms with van der Waals surface area (Å²) in [6.07, 6.45) is -0.287. The minimum atomic E-state index is -1.95. The minimum absolute atomic E-state index is 0.114. The summed E-state index contributed by atoms with van der Waals surface area (Å²) < 4.78 is 6.60. The van der Waals surface area contributed by atoms with Crippen LogP contribution in [0.3, 0.4) is 0 Å². The van der Waals surface area contributed by atoms with Gasteiger partial charge in [0.15, 0.2) is 8.32 Å². The Kier molecular flexibility index (Phi) is 7.66. The summed E-state index contributed by atoms with van der Waals surface area (Å²) >= 11 is 0. The molecule has 0 unspecified atom stereocenters. The molecule has 4 heteroatoms. The molecule has 0 radical (unpaired) electrons. The van der Waals surface area contributed by atoms with Gasteiger partial charge >= 0.3 is 0 Å². The molecule has 0 spiro atoms. The van der Waals surface area contributed by atoms with Crippen molar-refractivity contribution in [1.29, 1.82) is 0 Å². The number of benzene rings is 1. The van der Waals surface area contributed by atoms with Gasteiger partial charge < -0.3 is 14.6 Å². The monoisotopic (exact) mass is 352 g/mol. The molecule has 0 aliphatic carbocycles. The van der Waals surface area contributed by atoms with Crippen LogP contribution < -0.4 is 0 Å². The highest BCUT2D eigenvalue weighted by atomic mass is 28.4. The Hall–Kier alpha value is -0.683. The van der Waals surface area contributed by atoms with E-state index in [1.807, 2.05) is 32.0 Å². The lowest BCUT2D eigenvalue weighted by atomic mass is 9.96. The second-order valence-corrected chi connectivity index (χ2v) is 13.5. The Morgan fingerprint density at radius 2 is 1.54 bits per heavy atom. The van der Waals surface area contributed by atoms with Gasteiger partial charge in [0.05, 0.1) is 18.3 Å². The molecule has 1 rings (SSSR count).